The molecule has 1 aromatic rings. The Labute approximate surface area is 101 Å². The number of nitrogens with one attached hydrogen (secondary N) is 3. The fourth-order valence-electron chi connectivity index (χ4n) is 1.04. The number of hydrogen-bond acceptors (Lipinski definition) is 4. The normalized spacial score (nSPS) is 9.31. The van der Waals surface area contributed by atoms with Gasteiger partial charge in [0.2, 0.25) is 0 Å². The van der Waals surface area contributed by atoms with Gasteiger partial charge in [-0.3, -0.25) is 0 Å². The van der Waals surface area contributed by atoms with Crippen molar-refractivity contribution in [3.8, 4) is 0 Å². The SMILES string of the molecule is CCOC(=O)NCCNCc1cnc[nH]1.Cl. The summed E-state index contributed by atoms with van der Waals surface area (Å²) in [6.07, 6.45) is 3.01. The van der Waals surface area contributed by atoms with E-state index in [2.05, 4.69) is 20.6 Å². The van der Waals surface area contributed by atoms with Crippen LogP contribution < -0.4 is 10.6 Å². The molecule has 7 heteroatoms. The zero-order chi connectivity index (χ0) is 10.9. The summed E-state index contributed by atoms with van der Waals surface area (Å²) in [5.41, 5.74) is 1.02. The quantitative estimate of drug-likeness (QED) is 0.647. The Bertz CT molecular complexity index is 279. The molecule has 92 valence electrons. The minimum Gasteiger partial charge on any atom is -0.450 e. The molecule has 16 heavy (non-hydrogen) atoms. The van der Waals surface area contributed by atoms with Crippen LogP contribution in [0.4, 0.5) is 4.79 Å². The molecule has 0 fully saturated rings. The molecule has 0 unspecified atom stereocenters. The molecule has 0 aliphatic heterocycles. The number of halogens is 1. The Kier molecular flexibility index (Phi) is 8.28. The van der Waals surface area contributed by atoms with Crippen molar-refractivity contribution in [2.45, 2.75) is 13.5 Å². The molecule has 0 radical (unpaired) electrons. The van der Waals surface area contributed by atoms with Crippen LogP contribution >= 0.6 is 12.4 Å². The van der Waals surface area contributed by atoms with Gasteiger partial charge in [-0.1, -0.05) is 0 Å². The molecule has 1 amide bonds. The van der Waals surface area contributed by atoms with Crippen molar-refractivity contribution < 1.29 is 9.53 Å². The molecule has 3 N–H and O–H groups in total. The van der Waals surface area contributed by atoms with Gasteiger partial charge in [0.25, 0.3) is 0 Å². The molecule has 0 bridgehead atoms. The summed E-state index contributed by atoms with van der Waals surface area (Å²) < 4.78 is 4.70. The van der Waals surface area contributed by atoms with Crippen molar-refractivity contribution in [3.63, 3.8) is 0 Å². The minimum absolute atomic E-state index is 0. The lowest BCUT2D eigenvalue weighted by Crippen LogP contribution is -2.32. The molecule has 0 spiro atoms. The molecule has 0 aliphatic rings. The lowest BCUT2D eigenvalue weighted by atomic mass is 10.4. The summed E-state index contributed by atoms with van der Waals surface area (Å²) in [6, 6.07) is 0. The third kappa shape index (κ3) is 6.26. The maximum atomic E-state index is 10.9. The molecular formula is C9H17ClN4O2. The van der Waals surface area contributed by atoms with Crippen molar-refractivity contribution in [2.24, 2.45) is 0 Å². The number of hydrogen-bond donors (Lipinski definition) is 3. The number of amides is 1. The van der Waals surface area contributed by atoms with E-state index >= 15 is 0 Å². The highest BCUT2D eigenvalue weighted by Crippen LogP contribution is 1.87. The van der Waals surface area contributed by atoms with Gasteiger partial charge in [0, 0.05) is 31.5 Å². The van der Waals surface area contributed by atoms with Crippen LogP contribution in [0.3, 0.4) is 0 Å². The summed E-state index contributed by atoms with van der Waals surface area (Å²) >= 11 is 0. The van der Waals surface area contributed by atoms with E-state index in [9.17, 15) is 4.79 Å². The fourth-order valence-corrected chi connectivity index (χ4v) is 1.04. The van der Waals surface area contributed by atoms with E-state index in [1.807, 2.05) is 0 Å². The van der Waals surface area contributed by atoms with Crippen molar-refractivity contribution in [1.29, 1.82) is 0 Å². The summed E-state index contributed by atoms with van der Waals surface area (Å²) in [5, 5.41) is 5.76. The van der Waals surface area contributed by atoms with Crippen LogP contribution in [0.15, 0.2) is 12.5 Å². The highest BCUT2D eigenvalue weighted by atomic mass is 35.5. The highest BCUT2D eigenvalue weighted by molar-refractivity contribution is 5.85. The standard InChI is InChI=1S/C9H16N4O2.ClH/c1-2-15-9(14)12-4-3-10-5-8-6-11-7-13-8;/h6-7,10H,2-5H2,1H3,(H,11,13)(H,12,14);1H. The van der Waals surface area contributed by atoms with Gasteiger partial charge in [-0.2, -0.15) is 0 Å². The molecule has 1 aromatic heterocycles. The molecule has 1 rings (SSSR count). The Morgan fingerprint density at radius 2 is 2.38 bits per heavy atom. The number of nitrogens with zero attached hydrogens (tertiary/aromatic N) is 1. The highest BCUT2D eigenvalue weighted by Gasteiger charge is 1.98. The summed E-state index contributed by atoms with van der Waals surface area (Å²) in [6.45, 7) is 4.12. The first kappa shape index (κ1) is 14.7. The van der Waals surface area contributed by atoms with Gasteiger partial charge < -0.3 is 20.4 Å². The van der Waals surface area contributed by atoms with E-state index in [0.717, 1.165) is 5.69 Å². The van der Waals surface area contributed by atoms with Crippen LogP contribution in [-0.4, -0.2) is 35.8 Å². The number of rotatable bonds is 6. The lowest BCUT2D eigenvalue weighted by molar-refractivity contribution is 0.152. The van der Waals surface area contributed by atoms with Crippen LogP contribution in [0.1, 0.15) is 12.6 Å². The van der Waals surface area contributed by atoms with Crippen LogP contribution in [0.5, 0.6) is 0 Å². The van der Waals surface area contributed by atoms with Crippen molar-refractivity contribution >= 4 is 18.5 Å². The third-order valence-electron chi connectivity index (χ3n) is 1.72. The first-order valence-corrected chi connectivity index (χ1v) is 4.91. The lowest BCUT2D eigenvalue weighted by Gasteiger charge is -2.05. The van der Waals surface area contributed by atoms with Gasteiger partial charge >= 0.3 is 6.09 Å². The molecular weight excluding hydrogens is 232 g/mol. The maximum absolute atomic E-state index is 10.9. The number of ether oxygens (including phenoxy) is 1. The van der Waals surface area contributed by atoms with Crippen LogP contribution in [-0.2, 0) is 11.3 Å². The number of imidazole rings is 1. The van der Waals surface area contributed by atoms with Gasteiger partial charge in [-0.25, -0.2) is 9.78 Å². The summed E-state index contributed by atoms with van der Waals surface area (Å²) in [4.78, 5) is 17.7. The Balaban J connectivity index is 0.00000225. The minimum atomic E-state index is -0.374. The molecule has 6 nitrogen and oxygen atoms in total. The predicted molar refractivity (Wildman–Crippen MR) is 62.6 cm³/mol. The first-order valence-electron chi connectivity index (χ1n) is 4.91. The molecule has 0 atom stereocenters. The number of aromatic nitrogens is 2. The third-order valence-corrected chi connectivity index (χ3v) is 1.72. The second-order valence-corrected chi connectivity index (χ2v) is 2.90. The Morgan fingerprint density at radius 1 is 1.56 bits per heavy atom. The van der Waals surface area contributed by atoms with Gasteiger partial charge in [0.05, 0.1) is 12.9 Å². The zero-order valence-electron chi connectivity index (χ0n) is 9.16. The van der Waals surface area contributed by atoms with Gasteiger partial charge in [0.1, 0.15) is 0 Å². The van der Waals surface area contributed by atoms with Gasteiger partial charge in [-0.05, 0) is 6.92 Å². The second-order valence-electron chi connectivity index (χ2n) is 2.90. The van der Waals surface area contributed by atoms with E-state index in [-0.39, 0.29) is 18.5 Å². The van der Waals surface area contributed by atoms with Crippen LogP contribution in [0.25, 0.3) is 0 Å². The number of carbonyl (C=O) groups is 1. The fraction of sp³-hybridized carbons (Fsp3) is 0.556. The van der Waals surface area contributed by atoms with E-state index < -0.39 is 0 Å². The zero-order valence-corrected chi connectivity index (χ0v) is 9.97. The van der Waals surface area contributed by atoms with Crippen LogP contribution in [0, 0.1) is 0 Å². The van der Waals surface area contributed by atoms with Crippen molar-refractivity contribution in [3.05, 3.63) is 18.2 Å². The molecule has 0 saturated carbocycles. The van der Waals surface area contributed by atoms with E-state index in [1.165, 1.54) is 0 Å². The van der Waals surface area contributed by atoms with Crippen LogP contribution in [0.2, 0.25) is 0 Å². The molecule has 1 heterocycles. The predicted octanol–water partition coefficient (Wildman–Crippen LogP) is 0.667. The number of carbonyl (C=O) groups excluding carboxylic acids is 1. The summed E-state index contributed by atoms with van der Waals surface area (Å²) in [5.74, 6) is 0. The average molecular weight is 249 g/mol. The monoisotopic (exact) mass is 248 g/mol. The molecule has 0 aliphatic carbocycles. The van der Waals surface area contributed by atoms with Gasteiger partial charge in [-0.15, -0.1) is 12.4 Å². The second kappa shape index (κ2) is 8.99. The largest absolute Gasteiger partial charge is 0.450 e. The van der Waals surface area contributed by atoms with E-state index in [1.54, 1.807) is 19.4 Å². The van der Waals surface area contributed by atoms with Crippen molar-refractivity contribution in [1.82, 2.24) is 20.6 Å². The maximum Gasteiger partial charge on any atom is 0.407 e. The van der Waals surface area contributed by atoms with E-state index in [4.69, 9.17) is 4.74 Å². The molecule has 0 saturated heterocycles. The smallest absolute Gasteiger partial charge is 0.407 e. The number of aromatic amines is 1. The Morgan fingerprint density at radius 3 is 3.00 bits per heavy atom. The first-order chi connectivity index (χ1) is 7.33. The van der Waals surface area contributed by atoms with Gasteiger partial charge in [0.15, 0.2) is 0 Å². The topological polar surface area (TPSA) is 79.0 Å². The average Bonchev–Trinajstić information content (AvgIpc) is 2.70. The Hall–Kier alpha value is -1.27. The number of alkyl carbamates (subject to hydrolysis) is 1. The number of H-pyrrole nitrogens is 1. The van der Waals surface area contributed by atoms with E-state index in [0.29, 0.717) is 26.2 Å². The summed E-state index contributed by atoms with van der Waals surface area (Å²) in [7, 11) is 0. The molecule has 0 aromatic carbocycles. The van der Waals surface area contributed by atoms with Crippen molar-refractivity contribution in [2.75, 3.05) is 19.7 Å².